The lowest BCUT2D eigenvalue weighted by Crippen LogP contribution is -2.14. The van der Waals surface area contributed by atoms with E-state index < -0.39 is 10.4 Å². The van der Waals surface area contributed by atoms with Crippen LogP contribution in [-0.4, -0.2) is 72.4 Å². The van der Waals surface area contributed by atoms with Crippen molar-refractivity contribution in [2.75, 3.05) is 59.5 Å². The highest BCUT2D eigenvalue weighted by atomic mass is 32.3. The molecule has 39 heavy (non-hydrogen) atoms. The monoisotopic (exact) mass is 582 g/mol. The van der Waals surface area contributed by atoms with Crippen LogP contribution in [0.2, 0.25) is 0 Å². The molecule has 0 aromatic carbocycles. The predicted octanol–water partition coefficient (Wildman–Crippen LogP) is 7.69. The molecule has 0 aliphatic carbocycles. The molecule has 0 aliphatic heterocycles. The number of ether oxygens (including phenoxy) is 4. The Morgan fingerprint density at radius 3 is 0.949 bits per heavy atom. The van der Waals surface area contributed by atoms with Crippen LogP contribution in [0.1, 0.15) is 135 Å². The second kappa shape index (κ2) is 32.2. The topological polar surface area (TPSA) is 101 Å². The Bertz CT molecular complexity index is 559. The lowest BCUT2D eigenvalue weighted by molar-refractivity contribution is -0.00498. The third-order valence-corrected chi connectivity index (χ3v) is 7.18. The van der Waals surface area contributed by atoms with Crippen LogP contribution >= 0.6 is 0 Å². The summed E-state index contributed by atoms with van der Waals surface area (Å²) >= 11 is 0. The summed E-state index contributed by atoms with van der Waals surface area (Å²) in [5.41, 5.74) is 0. The molecule has 0 saturated heterocycles. The van der Waals surface area contributed by atoms with Crippen molar-refractivity contribution < 1.29 is 36.1 Å². The van der Waals surface area contributed by atoms with Crippen LogP contribution in [0.3, 0.4) is 0 Å². The van der Waals surface area contributed by atoms with Crippen LogP contribution < -0.4 is 0 Å². The molecule has 0 unspecified atom stereocenters. The smallest absolute Gasteiger partial charge is 0.379 e. The third kappa shape index (κ3) is 37.7. The van der Waals surface area contributed by atoms with Crippen LogP contribution in [0, 0.1) is 0 Å². The van der Waals surface area contributed by atoms with Gasteiger partial charge in [-0.1, -0.05) is 129 Å². The van der Waals surface area contributed by atoms with Gasteiger partial charge in [0.1, 0.15) is 0 Å². The molecule has 0 aliphatic rings. The molecule has 0 amide bonds. The van der Waals surface area contributed by atoms with E-state index in [1.165, 1.54) is 122 Å². The molecule has 0 saturated carbocycles. The second-order valence-corrected chi connectivity index (χ2v) is 11.5. The van der Waals surface area contributed by atoms with Gasteiger partial charge in [0.15, 0.2) is 0 Å². The minimum Gasteiger partial charge on any atom is -0.379 e. The summed E-state index contributed by atoms with van der Waals surface area (Å²) in [4.78, 5) is 0. The van der Waals surface area contributed by atoms with Crippen molar-refractivity contribution in [2.24, 2.45) is 0 Å². The van der Waals surface area contributed by atoms with E-state index >= 15 is 0 Å². The number of hydrogen-bond donors (Lipinski definition) is 1. The van der Waals surface area contributed by atoms with Crippen LogP contribution in [0.15, 0.2) is 0 Å². The highest BCUT2D eigenvalue weighted by molar-refractivity contribution is 7.80. The van der Waals surface area contributed by atoms with E-state index in [0.717, 1.165) is 13.0 Å². The van der Waals surface area contributed by atoms with E-state index in [-0.39, 0.29) is 13.2 Å². The fraction of sp³-hybridized carbons (Fsp3) is 1.00. The molecule has 0 atom stereocenters. The second-order valence-electron chi connectivity index (χ2n) is 10.4. The average molecular weight is 583 g/mol. The van der Waals surface area contributed by atoms with Crippen LogP contribution in [-0.2, 0) is 33.5 Å². The first-order chi connectivity index (χ1) is 19.1. The Labute approximate surface area is 241 Å². The van der Waals surface area contributed by atoms with Crippen LogP contribution in [0.4, 0.5) is 0 Å². The van der Waals surface area contributed by atoms with Gasteiger partial charge in [-0.2, -0.15) is 8.42 Å². The van der Waals surface area contributed by atoms with E-state index in [1.807, 2.05) is 0 Å². The van der Waals surface area contributed by atoms with Gasteiger partial charge in [0.05, 0.1) is 52.9 Å². The molecule has 9 heteroatoms. The maximum Gasteiger partial charge on any atom is 0.397 e. The Balaban J connectivity index is 3.05. The van der Waals surface area contributed by atoms with Gasteiger partial charge in [-0.25, -0.2) is 4.18 Å². The van der Waals surface area contributed by atoms with Crippen molar-refractivity contribution in [1.82, 2.24) is 0 Å². The Morgan fingerprint density at radius 2 is 0.641 bits per heavy atom. The molecular formula is C30H62O8S. The lowest BCUT2D eigenvalue weighted by atomic mass is 10.0. The summed E-state index contributed by atoms with van der Waals surface area (Å²) in [5.74, 6) is 0. The first kappa shape index (κ1) is 38.7. The molecule has 0 aromatic heterocycles. The van der Waals surface area contributed by atoms with Gasteiger partial charge in [-0.3, -0.25) is 4.55 Å². The summed E-state index contributed by atoms with van der Waals surface area (Å²) < 4.78 is 54.7. The quantitative estimate of drug-likeness (QED) is 0.0609. The van der Waals surface area contributed by atoms with Gasteiger partial charge in [0.25, 0.3) is 0 Å². The van der Waals surface area contributed by atoms with Gasteiger partial charge in [-0.15, -0.1) is 0 Å². The Morgan fingerprint density at radius 1 is 0.385 bits per heavy atom. The predicted molar refractivity (Wildman–Crippen MR) is 159 cm³/mol. The van der Waals surface area contributed by atoms with Gasteiger partial charge in [0, 0.05) is 6.61 Å². The normalized spacial score (nSPS) is 11.9. The largest absolute Gasteiger partial charge is 0.397 e. The summed E-state index contributed by atoms with van der Waals surface area (Å²) in [6.07, 6.45) is 27.9. The molecule has 0 spiro atoms. The van der Waals surface area contributed by atoms with E-state index in [2.05, 4.69) is 11.1 Å². The number of rotatable bonds is 34. The molecule has 0 bridgehead atoms. The molecule has 8 nitrogen and oxygen atoms in total. The molecule has 0 radical (unpaired) electrons. The van der Waals surface area contributed by atoms with Gasteiger partial charge in [0.2, 0.25) is 0 Å². The summed E-state index contributed by atoms with van der Waals surface area (Å²) in [6, 6.07) is 0. The zero-order chi connectivity index (χ0) is 28.5. The fourth-order valence-corrected chi connectivity index (χ4v) is 4.70. The lowest BCUT2D eigenvalue weighted by Gasteiger charge is -2.07. The first-order valence-electron chi connectivity index (χ1n) is 16.0. The highest BCUT2D eigenvalue weighted by Gasteiger charge is 2.02. The Hall–Kier alpha value is -0.290. The summed E-state index contributed by atoms with van der Waals surface area (Å²) in [6.45, 7) is 5.76. The summed E-state index contributed by atoms with van der Waals surface area (Å²) in [5, 5.41) is 0. The maximum absolute atomic E-state index is 10.3. The van der Waals surface area contributed by atoms with Crippen molar-refractivity contribution in [1.29, 1.82) is 0 Å². The zero-order valence-corrected chi connectivity index (χ0v) is 26.0. The van der Waals surface area contributed by atoms with Crippen molar-refractivity contribution in [3.8, 4) is 0 Å². The van der Waals surface area contributed by atoms with Gasteiger partial charge >= 0.3 is 10.4 Å². The van der Waals surface area contributed by atoms with Crippen molar-refractivity contribution in [3.05, 3.63) is 0 Å². The molecular weight excluding hydrogens is 520 g/mol. The standard InChI is InChI=1S/C30H62O8S/c1-2-3-4-5-6-7-8-9-10-11-12-13-14-15-16-17-18-19-20-21-22-34-23-24-35-25-26-36-27-28-37-29-30-38-39(31,32)33/h2-30H2,1H3,(H,31,32,33). The van der Waals surface area contributed by atoms with E-state index in [4.69, 9.17) is 23.5 Å². The Kier molecular flexibility index (Phi) is 32.0. The SMILES string of the molecule is CCCCCCCCCCCCCCCCCCCCCCOCCOCCOCCOCCOS(=O)(=O)O. The zero-order valence-electron chi connectivity index (χ0n) is 25.2. The average Bonchev–Trinajstić information content (AvgIpc) is 2.90. The fourth-order valence-electron chi connectivity index (χ4n) is 4.42. The molecule has 1 N–H and O–H groups in total. The van der Waals surface area contributed by atoms with E-state index in [0.29, 0.717) is 39.6 Å². The summed E-state index contributed by atoms with van der Waals surface area (Å²) in [7, 11) is -4.39. The number of unbranched alkanes of at least 4 members (excludes halogenated alkanes) is 19. The van der Waals surface area contributed by atoms with E-state index in [9.17, 15) is 8.42 Å². The molecule has 0 aromatic rings. The van der Waals surface area contributed by atoms with E-state index in [1.54, 1.807) is 0 Å². The van der Waals surface area contributed by atoms with Crippen LogP contribution in [0.5, 0.6) is 0 Å². The van der Waals surface area contributed by atoms with Crippen LogP contribution in [0.25, 0.3) is 0 Å². The van der Waals surface area contributed by atoms with Crippen molar-refractivity contribution >= 4 is 10.4 Å². The first-order valence-corrected chi connectivity index (χ1v) is 17.4. The maximum atomic E-state index is 10.3. The van der Waals surface area contributed by atoms with Gasteiger partial charge in [-0.05, 0) is 6.42 Å². The minimum atomic E-state index is -4.39. The third-order valence-electron chi connectivity index (χ3n) is 6.72. The van der Waals surface area contributed by atoms with Crippen molar-refractivity contribution in [3.63, 3.8) is 0 Å². The van der Waals surface area contributed by atoms with Gasteiger partial charge < -0.3 is 18.9 Å². The molecule has 0 heterocycles. The molecule has 0 rings (SSSR count). The minimum absolute atomic E-state index is 0.0660. The number of hydrogen-bond acceptors (Lipinski definition) is 7. The molecule has 236 valence electrons. The molecule has 0 fully saturated rings. The van der Waals surface area contributed by atoms with Crippen molar-refractivity contribution in [2.45, 2.75) is 135 Å². The highest BCUT2D eigenvalue weighted by Crippen LogP contribution is 2.14.